The number of phenolic OH excluding ortho intramolecular Hbond substituents is 1. The van der Waals surface area contributed by atoms with Gasteiger partial charge in [0.05, 0.1) is 11.4 Å². The monoisotopic (exact) mass is 440 g/mol. The van der Waals surface area contributed by atoms with Crippen molar-refractivity contribution in [3.05, 3.63) is 59.2 Å². The Kier molecular flexibility index (Phi) is 4.33. The van der Waals surface area contributed by atoms with Crippen LogP contribution >= 0.6 is 22.6 Å². The van der Waals surface area contributed by atoms with E-state index >= 15 is 0 Å². The van der Waals surface area contributed by atoms with Gasteiger partial charge in [0.25, 0.3) is 0 Å². The minimum atomic E-state index is -2.94. The molecular formula is C18H15F2IN2O. The van der Waals surface area contributed by atoms with Crippen molar-refractivity contribution in [3.8, 4) is 28.3 Å². The number of hydrogen-bond donors (Lipinski definition) is 2. The molecule has 2 aromatic carbocycles. The molecule has 0 aliphatic heterocycles. The highest BCUT2D eigenvalue weighted by Crippen LogP contribution is 2.40. The number of halogens is 3. The fraction of sp³-hybridized carbons (Fsp3) is 0.167. The Bertz CT molecular complexity index is 900. The topological polar surface area (TPSA) is 48.9 Å². The van der Waals surface area contributed by atoms with Crippen molar-refractivity contribution in [2.45, 2.75) is 17.8 Å². The molecule has 3 nitrogen and oxygen atoms in total. The van der Waals surface area contributed by atoms with Crippen LogP contribution in [0.25, 0.3) is 22.5 Å². The lowest BCUT2D eigenvalue weighted by atomic mass is 9.99. The molecule has 3 aromatic rings. The van der Waals surface area contributed by atoms with Gasteiger partial charge in [-0.05, 0) is 37.6 Å². The molecule has 0 bridgehead atoms. The van der Waals surface area contributed by atoms with Gasteiger partial charge >= 0.3 is 3.93 Å². The molecule has 2 N–H and O–H groups in total. The number of alkyl halides is 3. The van der Waals surface area contributed by atoms with E-state index in [2.05, 4.69) is 10.2 Å². The lowest BCUT2D eigenvalue weighted by Crippen LogP contribution is -2.05. The minimum absolute atomic E-state index is 0.0184. The number of nitrogens with zero attached hydrogens (tertiary/aromatic N) is 1. The number of nitrogens with one attached hydrogen (secondary N) is 1. The molecule has 24 heavy (non-hydrogen) atoms. The SMILES string of the molecule is Cc1ccc(O)c(-c2cc(-c3cccc(C(F)(F)I)c3C)[nH]n2)c1. The summed E-state index contributed by atoms with van der Waals surface area (Å²) in [5.41, 5.74) is 3.94. The molecule has 0 saturated heterocycles. The largest absolute Gasteiger partial charge is 0.507 e. The Morgan fingerprint density at radius 1 is 1.08 bits per heavy atom. The van der Waals surface area contributed by atoms with Gasteiger partial charge in [-0.25, -0.2) is 0 Å². The van der Waals surface area contributed by atoms with Crippen LogP contribution in [0.4, 0.5) is 8.78 Å². The minimum Gasteiger partial charge on any atom is -0.507 e. The van der Waals surface area contributed by atoms with E-state index in [9.17, 15) is 13.9 Å². The number of aryl methyl sites for hydroxylation is 1. The van der Waals surface area contributed by atoms with E-state index in [1.807, 2.05) is 19.1 Å². The second kappa shape index (κ2) is 6.16. The zero-order valence-corrected chi connectivity index (χ0v) is 15.2. The van der Waals surface area contributed by atoms with E-state index in [4.69, 9.17) is 0 Å². The predicted octanol–water partition coefficient (Wildman–Crippen LogP) is 5.55. The van der Waals surface area contributed by atoms with Gasteiger partial charge in [0.1, 0.15) is 5.75 Å². The smallest absolute Gasteiger partial charge is 0.321 e. The van der Waals surface area contributed by atoms with E-state index in [0.717, 1.165) is 28.2 Å². The van der Waals surface area contributed by atoms with Crippen molar-refractivity contribution in [2.75, 3.05) is 0 Å². The van der Waals surface area contributed by atoms with Crippen molar-refractivity contribution in [1.82, 2.24) is 10.2 Å². The second-order valence-corrected chi connectivity index (χ2v) is 7.02. The van der Waals surface area contributed by atoms with E-state index in [0.29, 0.717) is 28.1 Å². The van der Waals surface area contributed by atoms with Gasteiger partial charge in [-0.1, -0.05) is 29.8 Å². The molecule has 0 radical (unpaired) electrons. The fourth-order valence-electron chi connectivity index (χ4n) is 2.69. The fourth-order valence-corrected chi connectivity index (χ4v) is 3.27. The van der Waals surface area contributed by atoms with Crippen LogP contribution in [-0.2, 0) is 3.93 Å². The van der Waals surface area contributed by atoms with E-state index in [-0.39, 0.29) is 11.3 Å². The molecule has 0 unspecified atom stereocenters. The third-order valence-electron chi connectivity index (χ3n) is 3.94. The summed E-state index contributed by atoms with van der Waals surface area (Å²) >= 11 is 1.13. The molecule has 0 spiro atoms. The van der Waals surface area contributed by atoms with Crippen molar-refractivity contribution >= 4 is 22.6 Å². The zero-order chi connectivity index (χ0) is 17.5. The van der Waals surface area contributed by atoms with Gasteiger partial charge in [-0.15, -0.1) is 0 Å². The Balaban J connectivity index is 2.08. The first-order valence-electron chi connectivity index (χ1n) is 7.30. The number of aromatic hydroxyl groups is 1. The van der Waals surface area contributed by atoms with Gasteiger partial charge in [0.2, 0.25) is 0 Å². The standard InChI is InChI=1S/C18H15F2IN2O/c1-10-6-7-17(24)13(8-10)16-9-15(22-23-16)12-4-3-5-14(11(12)2)18(19,20)21/h3-9,24H,1-2H3,(H,22,23). The number of phenols is 1. The van der Waals surface area contributed by atoms with Crippen LogP contribution in [0.3, 0.4) is 0 Å². The summed E-state index contributed by atoms with van der Waals surface area (Å²) in [6.45, 7) is 3.59. The van der Waals surface area contributed by atoms with Crippen molar-refractivity contribution in [2.24, 2.45) is 0 Å². The molecule has 0 amide bonds. The molecule has 124 valence electrons. The maximum absolute atomic E-state index is 13.7. The second-order valence-electron chi connectivity index (χ2n) is 5.66. The lowest BCUT2D eigenvalue weighted by molar-refractivity contribution is 0.127. The van der Waals surface area contributed by atoms with Crippen LogP contribution in [0, 0.1) is 13.8 Å². The molecule has 6 heteroatoms. The van der Waals surface area contributed by atoms with Gasteiger partial charge in [0.15, 0.2) is 0 Å². The van der Waals surface area contributed by atoms with E-state index in [1.165, 1.54) is 6.07 Å². The third-order valence-corrected chi connectivity index (χ3v) is 4.52. The average molecular weight is 440 g/mol. The predicted molar refractivity (Wildman–Crippen MR) is 98.5 cm³/mol. The zero-order valence-electron chi connectivity index (χ0n) is 13.1. The number of hydrogen-bond acceptors (Lipinski definition) is 2. The van der Waals surface area contributed by atoms with E-state index < -0.39 is 3.93 Å². The molecule has 0 saturated carbocycles. The summed E-state index contributed by atoms with van der Waals surface area (Å²) in [6, 6.07) is 11.8. The summed E-state index contributed by atoms with van der Waals surface area (Å²) in [5, 5.41) is 17.1. The lowest BCUT2D eigenvalue weighted by Gasteiger charge is -2.14. The average Bonchev–Trinajstić information content (AvgIpc) is 2.98. The number of rotatable bonds is 3. The Morgan fingerprint density at radius 2 is 1.83 bits per heavy atom. The van der Waals surface area contributed by atoms with Crippen LogP contribution in [0.1, 0.15) is 16.7 Å². The molecular weight excluding hydrogens is 425 g/mol. The Hall–Kier alpha value is -1.96. The van der Waals surface area contributed by atoms with Gasteiger partial charge in [-0.3, -0.25) is 5.10 Å². The first-order valence-corrected chi connectivity index (χ1v) is 8.38. The number of benzene rings is 2. The van der Waals surface area contributed by atoms with Crippen molar-refractivity contribution in [1.29, 1.82) is 0 Å². The highest BCUT2D eigenvalue weighted by Gasteiger charge is 2.29. The summed E-state index contributed by atoms with van der Waals surface area (Å²) in [7, 11) is 0. The molecule has 0 fully saturated rings. The summed E-state index contributed by atoms with van der Waals surface area (Å²) in [5.74, 6) is 0.128. The molecule has 1 heterocycles. The quantitative estimate of drug-likeness (QED) is 0.415. The molecule has 0 aliphatic rings. The van der Waals surface area contributed by atoms with Crippen LogP contribution < -0.4 is 0 Å². The van der Waals surface area contributed by atoms with Gasteiger partial charge in [-0.2, -0.15) is 13.9 Å². The molecule has 1 aromatic heterocycles. The first kappa shape index (κ1) is 16.9. The molecule has 3 rings (SSSR count). The highest BCUT2D eigenvalue weighted by atomic mass is 127. The van der Waals surface area contributed by atoms with Crippen LogP contribution in [0.2, 0.25) is 0 Å². The third kappa shape index (κ3) is 3.15. The number of aromatic amines is 1. The normalized spacial score (nSPS) is 11.7. The van der Waals surface area contributed by atoms with Crippen molar-refractivity contribution < 1.29 is 13.9 Å². The van der Waals surface area contributed by atoms with Gasteiger partial charge < -0.3 is 5.11 Å². The van der Waals surface area contributed by atoms with Crippen LogP contribution in [0.5, 0.6) is 5.75 Å². The summed E-state index contributed by atoms with van der Waals surface area (Å²) < 4.78 is 24.5. The summed E-state index contributed by atoms with van der Waals surface area (Å²) in [4.78, 5) is 0. The molecule has 0 atom stereocenters. The maximum Gasteiger partial charge on any atom is 0.321 e. The van der Waals surface area contributed by atoms with Gasteiger partial charge in [0, 0.05) is 39.3 Å². The number of H-pyrrole nitrogens is 1. The molecule has 0 aliphatic carbocycles. The number of aromatic nitrogens is 2. The van der Waals surface area contributed by atoms with Crippen molar-refractivity contribution in [3.63, 3.8) is 0 Å². The summed E-state index contributed by atoms with van der Waals surface area (Å²) in [6.07, 6.45) is 0. The van der Waals surface area contributed by atoms with Crippen LogP contribution in [0.15, 0.2) is 42.5 Å². The van der Waals surface area contributed by atoms with E-state index in [1.54, 1.807) is 31.2 Å². The highest BCUT2D eigenvalue weighted by molar-refractivity contribution is 14.1. The maximum atomic E-state index is 13.7. The Labute approximate surface area is 151 Å². The first-order chi connectivity index (χ1) is 11.3. The Morgan fingerprint density at radius 3 is 2.54 bits per heavy atom. The van der Waals surface area contributed by atoms with Crippen LogP contribution in [-0.4, -0.2) is 15.3 Å².